The van der Waals surface area contributed by atoms with Gasteiger partial charge in [0.05, 0.1) is 13.2 Å². The molecule has 0 amide bonds. The van der Waals surface area contributed by atoms with E-state index in [0.29, 0.717) is 0 Å². The van der Waals surface area contributed by atoms with Crippen LogP contribution in [0.1, 0.15) is 12.8 Å². The molecule has 0 radical (unpaired) electrons. The molecule has 3 heteroatoms. The molecule has 0 saturated heterocycles. The second kappa shape index (κ2) is 8.56. The molecule has 0 aliphatic carbocycles. The molecule has 0 spiro atoms. The first kappa shape index (κ1) is 14.8. The molecule has 0 bridgehead atoms. The minimum Gasteiger partial charge on any atom is -0.494 e. The first-order valence-corrected chi connectivity index (χ1v) is 7.21. The van der Waals surface area contributed by atoms with Gasteiger partial charge in [0.15, 0.2) is 0 Å². The van der Waals surface area contributed by atoms with Crippen LogP contribution in [0.25, 0.3) is 10.8 Å². The van der Waals surface area contributed by atoms with Gasteiger partial charge in [-0.2, -0.15) is 0 Å². The highest BCUT2D eigenvalue weighted by Gasteiger charge is 1.97. The van der Waals surface area contributed by atoms with Crippen molar-refractivity contribution in [1.29, 1.82) is 0 Å². The summed E-state index contributed by atoms with van der Waals surface area (Å²) < 4.78 is 10.8. The van der Waals surface area contributed by atoms with E-state index in [0.717, 1.165) is 44.9 Å². The standard InChI is InChI=1S/C17H23NO2/c1-19-13-11-18-10-4-5-12-20-17-9-8-15-6-2-3-7-16(15)14-17/h2-3,6-9,14,18H,4-5,10-13H2,1H3. The zero-order valence-corrected chi connectivity index (χ0v) is 12.1. The van der Waals surface area contributed by atoms with Gasteiger partial charge in [0.2, 0.25) is 0 Å². The largest absolute Gasteiger partial charge is 0.494 e. The summed E-state index contributed by atoms with van der Waals surface area (Å²) in [5.41, 5.74) is 0. The number of ether oxygens (including phenoxy) is 2. The van der Waals surface area contributed by atoms with E-state index in [9.17, 15) is 0 Å². The van der Waals surface area contributed by atoms with Crippen molar-refractivity contribution < 1.29 is 9.47 Å². The zero-order chi connectivity index (χ0) is 14.0. The molecule has 0 heterocycles. The Morgan fingerprint density at radius 1 is 0.900 bits per heavy atom. The fraction of sp³-hybridized carbons (Fsp3) is 0.412. The third-order valence-corrected chi connectivity index (χ3v) is 3.22. The minimum absolute atomic E-state index is 0.768. The molecule has 20 heavy (non-hydrogen) atoms. The van der Waals surface area contributed by atoms with Gasteiger partial charge >= 0.3 is 0 Å². The Kier molecular flexibility index (Phi) is 6.35. The molecule has 0 unspecified atom stereocenters. The number of hydrogen-bond acceptors (Lipinski definition) is 3. The van der Waals surface area contributed by atoms with Crippen LogP contribution >= 0.6 is 0 Å². The van der Waals surface area contributed by atoms with Crippen molar-refractivity contribution in [3.63, 3.8) is 0 Å². The molecule has 0 saturated carbocycles. The van der Waals surface area contributed by atoms with E-state index >= 15 is 0 Å². The van der Waals surface area contributed by atoms with Gasteiger partial charge in [-0.05, 0) is 42.3 Å². The quantitative estimate of drug-likeness (QED) is 0.712. The topological polar surface area (TPSA) is 30.5 Å². The predicted octanol–water partition coefficient (Wildman–Crippen LogP) is 3.23. The first-order valence-electron chi connectivity index (χ1n) is 7.21. The van der Waals surface area contributed by atoms with Gasteiger partial charge in [-0.25, -0.2) is 0 Å². The van der Waals surface area contributed by atoms with Crippen LogP contribution in [0, 0.1) is 0 Å². The number of benzene rings is 2. The van der Waals surface area contributed by atoms with Crippen molar-refractivity contribution in [3.8, 4) is 5.75 Å². The predicted molar refractivity (Wildman–Crippen MR) is 83.4 cm³/mol. The molecule has 2 aromatic rings. The maximum Gasteiger partial charge on any atom is 0.119 e. The lowest BCUT2D eigenvalue weighted by Gasteiger charge is -2.08. The summed E-state index contributed by atoms with van der Waals surface area (Å²) >= 11 is 0. The Balaban J connectivity index is 1.65. The molecule has 2 aromatic carbocycles. The summed E-state index contributed by atoms with van der Waals surface area (Å²) in [7, 11) is 1.72. The molecule has 108 valence electrons. The monoisotopic (exact) mass is 273 g/mol. The minimum atomic E-state index is 0.768. The van der Waals surface area contributed by atoms with Crippen LogP contribution in [0.3, 0.4) is 0 Å². The van der Waals surface area contributed by atoms with Crippen molar-refractivity contribution >= 4 is 10.8 Å². The summed E-state index contributed by atoms with van der Waals surface area (Å²) in [5.74, 6) is 0.955. The number of unbranched alkanes of at least 4 members (excludes halogenated alkanes) is 1. The van der Waals surface area contributed by atoms with Gasteiger partial charge in [0.25, 0.3) is 0 Å². The summed E-state index contributed by atoms with van der Waals surface area (Å²) in [6.45, 7) is 3.48. The van der Waals surface area contributed by atoms with Crippen LogP contribution in [0.2, 0.25) is 0 Å². The molecule has 0 fully saturated rings. The maximum atomic E-state index is 5.79. The lowest BCUT2D eigenvalue weighted by Crippen LogP contribution is -2.20. The van der Waals surface area contributed by atoms with E-state index in [1.807, 2.05) is 6.07 Å². The second-order valence-electron chi connectivity index (χ2n) is 4.81. The third-order valence-electron chi connectivity index (χ3n) is 3.22. The number of nitrogens with one attached hydrogen (secondary N) is 1. The lowest BCUT2D eigenvalue weighted by molar-refractivity contribution is 0.199. The van der Waals surface area contributed by atoms with Crippen molar-refractivity contribution in [2.24, 2.45) is 0 Å². The number of methoxy groups -OCH3 is 1. The summed E-state index contributed by atoms with van der Waals surface area (Å²) in [6.07, 6.45) is 2.18. The van der Waals surface area contributed by atoms with E-state index in [1.165, 1.54) is 10.8 Å². The zero-order valence-electron chi connectivity index (χ0n) is 12.1. The number of fused-ring (bicyclic) bond motifs is 1. The van der Waals surface area contributed by atoms with Crippen molar-refractivity contribution in [3.05, 3.63) is 42.5 Å². The average Bonchev–Trinajstić information content (AvgIpc) is 2.50. The fourth-order valence-corrected chi connectivity index (χ4v) is 2.10. The highest BCUT2D eigenvalue weighted by Crippen LogP contribution is 2.20. The van der Waals surface area contributed by atoms with Crippen LogP contribution in [0.4, 0.5) is 0 Å². The number of hydrogen-bond donors (Lipinski definition) is 1. The van der Waals surface area contributed by atoms with Crippen LogP contribution in [-0.2, 0) is 4.74 Å². The van der Waals surface area contributed by atoms with Gasteiger partial charge in [0.1, 0.15) is 5.75 Å². The van der Waals surface area contributed by atoms with Crippen molar-refractivity contribution in [2.75, 3.05) is 33.4 Å². The van der Waals surface area contributed by atoms with E-state index in [2.05, 4.69) is 41.7 Å². The van der Waals surface area contributed by atoms with E-state index in [4.69, 9.17) is 9.47 Å². The van der Waals surface area contributed by atoms with Crippen LogP contribution in [0.5, 0.6) is 5.75 Å². The summed E-state index contributed by atoms with van der Waals surface area (Å²) in [5, 5.41) is 5.81. The summed E-state index contributed by atoms with van der Waals surface area (Å²) in [4.78, 5) is 0. The average molecular weight is 273 g/mol. The van der Waals surface area contributed by atoms with Crippen molar-refractivity contribution in [1.82, 2.24) is 5.32 Å². The Hall–Kier alpha value is -1.58. The molecular formula is C17H23NO2. The second-order valence-corrected chi connectivity index (χ2v) is 4.81. The first-order chi connectivity index (χ1) is 9.90. The lowest BCUT2D eigenvalue weighted by atomic mass is 10.1. The van der Waals surface area contributed by atoms with Gasteiger partial charge in [-0.1, -0.05) is 30.3 Å². The SMILES string of the molecule is COCCNCCCCOc1ccc2ccccc2c1. The molecule has 2 rings (SSSR count). The third kappa shape index (κ3) is 4.83. The number of rotatable bonds is 9. The Labute approximate surface area is 120 Å². The van der Waals surface area contributed by atoms with E-state index in [1.54, 1.807) is 7.11 Å². The molecule has 0 atom stereocenters. The Morgan fingerprint density at radius 2 is 1.75 bits per heavy atom. The highest BCUT2D eigenvalue weighted by atomic mass is 16.5. The van der Waals surface area contributed by atoms with Crippen molar-refractivity contribution in [2.45, 2.75) is 12.8 Å². The smallest absolute Gasteiger partial charge is 0.119 e. The Bertz CT molecular complexity index is 513. The Morgan fingerprint density at radius 3 is 2.60 bits per heavy atom. The molecule has 1 N–H and O–H groups in total. The molecule has 0 aliphatic rings. The van der Waals surface area contributed by atoms with Crippen LogP contribution in [-0.4, -0.2) is 33.4 Å². The molecular weight excluding hydrogens is 250 g/mol. The van der Waals surface area contributed by atoms with Gasteiger partial charge in [0, 0.05) is 13.7 Å². The highest BCUT2D eigenvalue weighted by molar-refractivity contribution is 5.83. The van der Waals surface area contributed by atoms with Gasteiger partial charge < -0.3 is 14.8 Å². The summed E-state index contributed by atoms with van der Waals surface area (Å²) in [6, 6.07) is 14.6. The van der Waals surface area contributed by atoms with Gasteiger partial charge in [-0.3, -0.25) is 0 Å². The fourth-order valence-electron chi connectivity index (χ4n) is 2.10. The van der Waals surface area contributed by atoms with E-state index < -0.39 is 0 Å². The van der Waals surface area contributed by atoms with E-state index in [-0.39, 0.29) is 0 Å². The normalized spacial score (nSPS) is 10.8. The molecule has 0 aliphatic heterocycles. The molecule has 3 nitrogen and oxygen atoms in total. The molecule has 0 aromatic heterocycles. The van der Waals surface area contributed by atoms with Crippen LogP contribution in [0.15, 0.2) is 42.5 Å². The maximum absolute atomic E-state index is 5.79. The van der Waals surface area contributed by atoms with Gasteiger partial charge in [-0.15, -0.1) is 0 Å². The van der Waals surface area contributed by atoms with Crippen LogP contribution < -0.4 is 10.1 Å².